The van der Waals surface area contributed by atoms with E-state index in [9.17, 15) is 16.8 Å². The highest BCUT2D eigenvalue weighted by Crippen LogP contribution is 2.18. The molecule has 0 radical (unpaired) electrons. The second-order valence-electron chi connectivity index (χ2n) is 5.74. The van der Waals surface area contributed by atoms with E-state index in [0.29, 0.717) is 6.54 Å². The molecule has 2 N–H and O–H groups in total. The number of piperazine rings is 1. The molecule has 2 saturated heterocycles. The minimum Gasteiger partial charge on any atom is -0.314 e. The molecule has 2 heterocycles. The van der Waals surface area contributed by atoms with E-state index in [0.717, 1.165) is 39.1 Å². The Morgan fingerprint density at radius 1 is 1.14 bits per heavy atom. The first-order valence-electron chi connectivity index (χ1n) is 7.51. The van der Waals surface area contributed by atoms with Crippen LogP contribution in [0.3, 0.4) is 0 Å². The minimum atomic E-state index is -3.38. The zero-order valence-corrected chi connectivity index (χ0v) is 13.9. The molecule has 9 heteroatoms. The molecule has 124 valence electrons. The standard InChI is InChI=1S/C12H25N3O4S2/c16-20(17)10-2-12(3-11-20)21(18,19)14-4-1-7-15-8-5-13-6-9-15/h12-14H,1-11H2. The second-order valence-corrected chi connectivity index (χ2v) is 10.1. The number of hydrogen-bond donors (Lipinski definition) is 2. The summed E-state index contributed by atoms with van der Waals surface area (Å²) in [7, 11) is -6.40. The lowest BCUT2D eigenvalue weighted by molar-refractivity contribution is 0.239. The number of hydrogen-bond acceptors (Lipinski definition) is 6. The van der Waals surface area contributed by atoms with Gasteiger partial charge in [0.1, 0.15) is 9.84 Å². The van der Waals surface area contributed by atoms with Gasteiger partial charge >= 0.3 is 0 Å². The summed E-state index contributed by atoms with van der Waals surface area (Å²) < 4.78 is 49.5. The van der Waals surface area contributed by atoms with E-state index < -0.39 is 25.1 Å². The van der Waals surface area contributed by atoms with Gasteiger partial charge in [-0.05, 0) is 25.8 Å². The Kier molecular flexibility index (Phi) is 6.01. The largest absolute Gasteiger partial charge is 0.314 e. The third-order valence-corrected chi connectivity index (χ3v) is 7.78. The number of nitrogens with zero attached hydrogens (tertiary/aromatic N) is 1. The number of nitrogens with one attached hydrogen (secondary N) is 2. The molecule has 0 amide bonds. The Labute approximate surface area is 127 Å². The van der Waals surface area contributed by atoms with Crippen LogP contribution in [-0.2, 0) is 19.9 Å². The molecular formula is C12H25N3O4S2. The highest BCUT2D eigenvalue weighted by atomic mass is 32.2. The van der Waals surface area contributed by atoms with Gasteiger partial charge in [0.05, 0.1) is 16.8 Å². The Balaban J connectivity index is 1.69. The molecule has 0 aromatic rings. The highest BCUT2D eigenvalue weighted by Gasteiger charge is 2.32. The molecule has 21 heavy (non-hydrogen) atoms. The Morgan fingerprint density at radius 2 is 1.76 bits per heavy atom. The molecular weight excluding hydrogens is 314 g/mol. The van der Waals surface area contributed by atoms with Gasteiger partial charge in [-0.15, -0.1) is 0 Å². The van der Waals surface area contributed by atoms with Gasteiger partial charge in [-0.2, -0.15) is 0 Å². The molecule has 0 aromatic carbocycles. The highest BCUT2D eigenvalue weighted by molar-refractivity contribution is 7.92. The maximum atomic E-state index is 12.1. The van der Waals surface area contributed by atoms with E-state index in [1.807, 2.05) is 0 Å². The normalized spacial score (nSPS) is 25.0. The maximum Gasteiger partial charge on any atom is 0.214 e. The predicted octanol–water partition coefficient (Wildman–Crippen LogP) is -1.22. The third kappa shape index (κ3) is 5.48. The van der Waals surface area contributed by atoms with Crippen LogP contribution in [0, 0.1) is 0 Å². The summed E-state index contributed by atoms with van der Waals surface area (Å²) in [5.41, 5.74) is 0. The van der Waals surface area contributed by atoms with Crippen molar-refractivity contribution in [2.24, 2.45) is 0 Å². The molecule has 2 aliphatic rings. The van der Waals surface area contributed by atoms with Crippen molar-refractivity contribution in [1.29, 1.82) is 0 Å². The molecule has 0 unspecified atom stereocenters. The van der Waals surface area contributed by atoms with Crippen LogP contribution in [0.25, 0.3) is 0 Å². The fraction of sp³-hybridized carbons (Fsp3) is 1.00. The van der Waals surface area contributed by atoms with Crippen molar-refractivity contribution >= 4 is 19.9 Å². The van der Waals surface area contributed by atoms with E-state index >= 15 is 0 Å². The number of sulfonamides is 1. The molecule has 0 spiro atoms. The summed E-state index contributed by atoms with van der Waals surface area (Å²) in [6.45, 7) is 5.31. The van der Waals surface area contributed by atoms with Crippen LogP contribution in [0.2, 0.25) is 0 Å². The summed E-state index contributed by atoms with van der Waals surface area (Å²) in [5.74, 6) is -0.0291. The summed E-state index contributed by atoms with van der Waals surface area (Å²) in [5, 5.41) is 2.72. The average Bonchev–Trinajstić information content (AvgIpc) is 2.44. The van der Waals surface area contributed by atoms with E-state index in [2.05, 4.69) is 14.9 Å². The Bertz CT molecular complexity index is 513. The summed E-state index contributed by atoms with van der Waals surface area (Å²) in [4.78, 5) is 2.32. The van der Waals surface area contributed by atoms with Gasteiger partial charge in [-0.3, -0.25) is 0 Å². The maximum absolute atomic E-state index is 12.1. The fourth-order valence-corrected chi connectivity index (χ4v) is 6.06. The molecule has 2 fully saturated rings. The van der Waals surface area contributed by atoms with E-state index in [4.69, 9.17) is 0 Å². The lowest BCUT2D eigenvalue weighted by Crippen LogP contribution is -2.45. The van der Waals surface area contributed by atoms with Crippen LogP contribution in [-0.4, -0.2) is 77.8 Å². The lowest BCUT2D eigenvalue weighted by Gasteiger charge is -2.27. The van der Waals surface area contributed by atoms with Crippen molar-refractivity contribution in [1.82, 2.24) is 14.9 Å². The van der Waals surface area contributed by atoms with Gasteiger partial charge in [0.25, 0.3) is 0 Å². The van der Waals surface area contributed by atoms with Gasteiger partial charge in [0, 0.05) is 32.7 Å². The van der Waals surface area contributed by atoms with Crippen LogP contribution in [0.4, 0.5) is 0 Å². The molecule has 2 rings (SSSR count). The van der Waals surface area contributed by atoms with Crippen molar-refractivity contribution in [2.45, 2.75) is 24.5 Å². The second kappa shape index (κ2) is 7.36. The van der Waals surface area contributed by atoms with Crippen molar-refractivity contribution in [3.05, 3.63) is 0 Å². The van der Waals surface area contributed by atoms with Gasteiger partial charge < -0.3 is 10.2 Å². The third-order valence-electron chi connectivity index (χ3n) is 4.10. The van der Waals surface area contributed by atoms with Crippen molar-refractivity contribution in [3.63, 3.8) is 0 Å². The lowest BCUT2D eigenvalue weighted by atomic mass is 10.2. The monoisotopic (exact) mass is 339 g/mol. The van der Waals surface area contributed by atoms with Crippen molar-refractivity contribution in [2.75, 3.05) is 50.8 Å². The Hall–Kier alpha value is -0.220. The molecule has 0 bridgehead atoms. The summed E-state index contributed by atoms with van der Waals surface area (Å²) in [6, 6.07) is 0. The van der Waals surface area contributed by atoms with Crippen LogP contribution in [0.5, 0.6) is 0 Å². The molecule has 0 aliphatic carbocycles. The number of rotatable bonds is 6. The van der Waals surface area contributed by atoms with Crippen molar-refractivity contribution in [3.8, 4) is 0 Å². The zero-order chi connectivity index (χ0) is 15.3. The van der Waals surface area contributed by atoms with Crippen LogP contribution in [0.1, 0.15) is 19.3 Å². The molecule has 0 atom stereocenters. The van der Waals surface area contributed by atoms with Gasteiger partial charge in [-0.25, -0.2) is 21.6 Å². The van der Waals surface area contributed by atoms with E-state index in [-0.39, 0.29) is 24.3 Å². The molecule has 2 aliphatic heterocycles. The van der Waals surface area contributed by atoms with E-state index in [1.54, 1.807) is 0 Å². The van der Waals surface area contributed by atoms with Crippen LogP contribution >= 0.6 is 0 Å². The smallest absolute Gasteiger partial charge is 0.214 e. The topological polar surface area (TPSA) is 95.6 Å². The first-order valence-corrected chi connectivity index (χ1v) is 10.9. The van der Waals surface area contributed by atoms with Crippen molar-refractivity contribution < 1.29 is 16.8 Å². The van der Waals surface area contributed by atoms with E-state index in [1.165, 1.54) is 0 Å². The van der Waals surface area contributed by atoms with Gasteiger partial charge in [-0.1, -0.05) is 0 Å². The zero-order valence-electron chi connectivity index (χ0n) is 12.3. The first-order chi connectivity index (χ1) is 9.89. The quantitative estimate of drug-likeness (QED) is 0.589. The van der Waals surface area contributed by atoms with Crippen LogP contribution < -0.4 is 10.0 Å². The fourth-order valence-electron chi connectivity index (χ4n) is 2.75. The predicted molar refractivity (Wildman–Crippen MR) is 82.5 cm³/mol. The number of sulfone groups is 1. The SMILES string of the molecule is O=S1(=O)CCC(S(=O)(=O)NCCCN2CCNCC2)CC1. The minimum absolute atomic E-state index is 0.0145. The average molecular weight is 339 g/mol. The van der Waals surface area contributed by atoms with Crippen LogP contribution in [0.15, 0.2) is 0 Å². The summed E-state index contributed by atoms with van der Waals surface area (Å²) >= 11 is 0. The summed E-state index contributed by atoms with van der Waals surface area (Å²) in [6.07, 6.45) is 1.22. The van der Waals surface area contributed by atoms with Gasteiger partial charge in [0.2, 0.25) is 10.0 Å². The van der Waals surface area contributed by atoms with Gasteiger partial charge in [0.15, 0.2) is 0 Å². The molecule has 7 nitrogen and oxygen atoms in total. The Morgan fingerprint density at radius 3 is 2.38 bits per heavy atom. The first kappa shape index (κ1) is 17.1. The molecule has 0 aromatic heterocycles. The molecule has 0 saturated carbocycles.